The van der Waals surface area contributed by atoms with Crippen LogP contribution in [-0.4, -0.2) is 6.61 Å². The molecule has 2 rings (SSSR count). The lowest BCUT2D eigenvalue weighted by Gasteiger charge is -2.38. The third-order valence-corrected chi connectivity index (χ3v) is 4.87. The van der Waals surface area contributed by atoms with E-state index in [1.54, 1.807) is 0 Å². The normalized spacial score (nSPS) is 20.4. The Kier molecular flexibility index (Phi) is 4.55. The van der Waals surface area contributed by atoms with Crippen molar-refractivity contribution < 1.29 is 4.74 Å². The Balaban J connectivity index is 2.09. The summed E-state index contributed by atoms with van der Waals surface area (Å²) in [6.45, 7) is 5.04. The van der Waals surface area contributed by atoms with Crippen molar-refractivity contribution in [2.24, 2.45) is 5.41 Å². The number of ether oxygens (including phenoxy) is 1. The van der Waals surface area contributed by atoms with Crippen molar-refractivity contribution in [3.63, 3.8) is 0 Å². The molecule has 0 spiro atoms. The molecule has 1 atom stereocenters. The van der Waals surface area contributed by atoms with Gasteiger partial charge in [-0.05, 0) is 42.9 Å². The standard InChI is InChI=1S/C16H23ClO/c1-3-18-14-9-7-13(8-10-14)15(17)16(2)11-5-4-6-12-16/h7-10,15H,3-6,11-12H2,1-2H3. The first kappa shape index (κ1) is 13.7. The van der Waals surface area contributed by atoms with Gasteiger partial charge < -0.3 is 4.74 Å². The quantitative estimate of drug-likeness (QED) is 0.669. The second-order valence-corrected chi connectivity index (χ2v) is 6.02. The summed E-state index contributed by atoms with van der Waals surface area (Å²) in [4.78, 5) is 0. The van der Waals surface area contributed by atoms with Crippen LogP contribution >= 0.6 is 11.6 Å². The summed E-state index contributed by atoms with van der Waals surface area (Å²) in [5.74, 6) is 0.930. The van der Waals surface area contributed by atoms with Crippen LogP contribution < -0.4 is 4.74 Å². The van der Waals surface area contributed by atoms with Gasteiger partial charge in [-0.2, -0.15) is 0 Å². The Morgan fingerprint density at radius 1 is 1.17 bits per heavy atom. The molecule has 0 radical (unpaired) electrons. The van der Waals surface area contributed by atoms with Gasteiger partial charge in [0, 0.05) is 0 Å². The van der Waals surface area contributed by atoms with Gasteiger partial charge in [-0.15, -0.1) is 11.6 Å². The van der Waals surface area contributed by atoms with Crippen LogP contribution in [0, 0.1) is 5.41 Å². The third kappa shape index (κ3) is 3.00. The highest BCUT2D eigenvalue weighted by Gasteiger charge is 2.35. The molecule has 1 aromatic carbocycles. The SMILES string of the molecule is CCOc1ccc(C(Cl)C2(C)CCCCC2)cc1. The van der Waals surface area contributed by atoms with Gasteiger partial charge in [0.15, 0.2) is 0 Å². The molecular formula is C16H23ClO. The van der Waals surface area contributed by atoms with Crippen molar-refractivity contribution in [1.29, 1.82) is 0 Å². The zero-order valence-electron chi connectivity index (χ0n) is 11.4. The van der Waals surface area contributed by atoms with E-state index in [2.05, 4.69) is 19.1 Å². The highest BCUT2D eigenvalue weighted by atomic mass is 35.5. The van der Waals surface area contributed by atoms with Crippen LogP contribution in [-0.2, 0) is 0 Å². The van der Waals surface area contributed by atoms with Gasteiger partial charge in [0.2, 0.25) is 0 Å². The molecule has 0 heterocycles. The van der Waals surface area contributed by atoms with Crippen LogP contribution in [0.4, 0.5) is 0 Å². The van der Waals surface area contributed by atoms with E-state index in [-0.39, 0.29) is 10.8 Å². The van der Waals surface area contributed by atoms with Gasteiger partial charge in [0.25, 0.3) is 0 Å². The minimum atomic E-state index is 0.119. The van der Waals surface area contributed by atoms with Crippen LogP contribution in [0.15, 0.2) is 24.3 Å². The van der Waals surface area contributed by atoms with Crippen molar-refractivity contribution >= 4 is 11.6 Å². The predicted octanol–water partition coefficient (Wildman–Crippen LogP) is 5.34. The molecule has 1 unspecified atom stereocenters. The highest BCUT2D eigenvalue weighted by molar-refractivity contribution is 6.21. The monoisotopic (exact) mass is 266 g/mol. The van der Waals surface area contributed by atoms with Crippen LogP contribution in [0.1, 0.15) is 56.9 Å². The summed E-state index contributed by atoms with van der Waals surface area (Å²) < 4.78 is 5.47. The van der Waals surface area contributed by atoms with E-state index in [0.29, 0.717) is 6.61 Å². The van der Waals surface area contributed by atoms with Gasteiger partial charge in [-0.3, -0.25) is 0 Å². The van der Waals surface area contributed by atoms with Crippen molar-refractivity contribution in [2.45, 2.75) is 51.3 Å². The number of benzene rings is 1. The van der Waals surface area contributed by atoms with Crippen molar-refractivity contribution in [3.8, 4) is 5.75 Å². The lowest BCUT2D eigenvalue weighted by molar-refractivity contribution is 0.206. The molecule has 0 amide bonds. The molecule has 1 saturated carbocycles. The van der Waals surface area contributed by atoms with E-state index in [4.69, 9.17) is 16.3 Å². The molecule has 0 N–H and O–H groups in total. The summed E-state index contributed by atoms with van der Waals surface area (Å²) >= 11 is 6.71. The largest absolute Gasteiger partial charge is 0.494 e. The molecule has 1 aromatic rings. The van der Waals surface area contributed by atoms with Crippen molar-refractivity contribution in [1.82, 2.24) is 0 Å². The molecule has 100 valence electrons. The van der Waals surface area contributed by atoms with E-state index >= 15 is 0 Å². The highest BCUT2D eigenvalue weighted by Crippen LogP contribution is 2.49. The summed E-state index contributed by atoms with van der Waals surface area (Å²) in [5, 5.41) is 0.119. The van der Waals surface area contributed by atoms with Gasteiger partial charge in [-0.1, -0.05) is 38.3 Å². The fourth-order valence-corrected chi connectivity index (χ4v) is 3.28. The van der Waals surface area contributed by atoms with Gasteiger partial charge >= 0.3 is 0 Å². The first-order valence-corrected chi connectivity index (χ1v) is 7.46. The van der Waals surface area contributed by atoms with E-state index in [9.17, 15) is 0 Å². The lowest BCUT2D eigenvalue weighted by atomic mass is 9.71. The molecule has 0 aliphatic heterocycles. The predicted molar refractivity (Wildman–Crippen MR) is 77.4 cm³/mol. The molecular weight excluding hydrogens is 244 g/mol. The Bertz CT molecular complexity index is 365. The first-order valence-electron chi connectivity index (χ1n) is 7.02. The third-order valence-electron chi connectivity index (χ3n) is 4.09. The molecule has 18 heavy (non-hydrogen) atoms. The van der Waals surface area contributed by atoms with Crippen molar-refractivity contribution in [2.75, 3.05) is 6.61 Å². The van der Waals surface area contributed by atoms with Crippen LogP contribution in [0.2, 0.25) is 0 Å². The first-order chi connectivity index (χ1) is 8.65. The topological polar surface area (TPSA) is 9.23 Å². The molecule has 1 nitrogen and oxygen atoms in total. The van der Waals surface area contributed by atoms with E-state index in [0.717, 1.165) is 5.75 Å². The summed E-state index contributed by atoms with van der Waals surface area (Å²) in [5.41, 5.74) is 1.48. The fraction of sp³-hybridized carbons (Fsp3) is 0.625. The molecule has 2 heteroatoms. The van der Waals surface area contributed by atoms with Gasteiger partial charge in [-0.25, -0.2) is 0 Å². The number of hydrogen-bond donors (Lipinski definition) is 0. The fourth-order valence-electron chi connectivity index (χ4n) is 2.91. The minimum absolute atomic E-state index is 0.119. The summed E-state index contributed by atoms with van der Waals surface area (Å²) in [6, 6.07) is 8.28. The molecule has 0 saturated heterocycles. The van der Waals surface area contributed by atoms with Gasteiger partial charge in [0.1, 0.15) is 5.75 Å². The summed E-state index contributed by atoms with van der Waals surface area (Å²) in [6.07, 6.45) is 6.48. The van der Waals surface area contributed by atoms with Crippen LogP contribution in [0.5, 0.6) is 5.75 Å². The number of halogens is 1. The smallest absolute Gasteiger partial charge is 0.119 e. The zero-order chi connectivity index (χ0) is 13.0. The molecule has 0 bridgehead atoms. The van der Waals surface area contributed by atoms with Crippen LogP contribution in [0.25, 0.3) is 0 Å². The summed E-state index contributed by atoms with van der Waals surface area (Å²) in [7, 11) is 0. The minimum Gasteiger partial charge on any atom is -0.494 e. The van der Waals surface area contributed by atoms with E-state index < -0.39 is 0 Å². The average Bonchev–Trinajstić information content (AvgIpc) is 2.40. The maximum absolute atomic E-state index is 6.71. The van der Waals surface area contributed by atoms with Gasteiger partial charge in [0.05, 0.1) is 12.0 Å². The average molecular weight is 267 g/mol. The lowest BCUT2D eigenvalue weighted by Crippen LogP contribution is -2.25. The Morgan fingerprint density at radius 3 is 2.33 bits per heavy atom. The maximum Gasteiger partial charge on any atom is 0.119 e. The molecule has 1 fully saturated rings. The van der Waals surface area contributed by atoms with Crippen molar-refractivity contribution in [3.05, 3.63) is 29.8 Å². The number of rotatable bonds is 4. The van der Waals surface area contributed by atoms with Crippen LogP contribution in [0.3, 0.4) is 0 Å². The Morgan fingerprint density at radius 2 is 1.78 bits per heavy atom. The number of hydrogen-bond acceptors (Lipinski definition) is 1. The van der Waals surface area contributed by atoms with E-state index in [1.165, 1.54) is 37.7 Å². The molecule has 0 aromatic heterocycles. The molecule has 1 aliphatic carbocycles. The molecule has 1 aliphatic rings. The van der Waals surface area contributed by atoms with E-state index in [1.807, 2.05) is 19.1 Å². The second-order valence-electron chi connectivity index (χ2n) is 5.58. The zero-order valence-corrected chi connectivity index (χ0v) is 12.2. The Hall–Kier alpha value is -0.690. The second kappa shape index (κ2) is 5.97. The number of alkyl halides is 1. The maximum atomic E-state index is 6.71. The Labute approximate surface area is 115 Å².